The molecular weight excluding hydrogens is 226 g/mol. The normalized spacial score (nSPS) is 13.6. The van der Waals surface area contributed by atoms with Crippen molar-refractivity contribution in [3.8, 4) is 0 Å². The van der Waals surface area contributed by atoms with E-state index in [4.69, 9.17) is 5.73 Å². The minimum Gasteiger partial charge on any atom is -0.321 e. The fourth-order valence-corrected chi connectivity index (χ4v) is 1.17. The van der Waals surface area contributed by atoms with Crippen LogP contribution in [0.25, 0.3) is 0 Å². The predicted octanol–water partition coefficient (Wildman–Crippen LogP) is 2.29. The van der Waals surface area contributed by atoms with Gasteiger partial charge in [-0.05, 0) is 24.3 Å². The van der Waals surface area contributed by atoms with Crippen LogP contribution in [0.3, 0.4) is 0 Å². The Morgan fingerprint density at radius 1 is 1.25 bits per heavy atom. The Balaban J connectivity index is 2.74. The first-order valence-corrected chi connectivity index (χ1v) is 4.42. The quantitative estimate of drug-likeness (QED) is 0.645. The van der Waals surface area contributed by atoms with Crippen LogP contribution in [0.15, 0.2) is 24.3 Å². The average Bonchev–Trinajstić information content (AvgIpc) is 2.15. The monoisotopic (exact) mass is 235 g/mol. The van der Waals surface area contributed by atoms with Crippen LogP contribution in [0.5, 0.6) is 0 Å². The van der Waals surface area contributed by atoms with Crippen molar-refractivity contribution in [3.05, 3.63) is 35.6 Å². The Labute approximate surface area is 89.1 Å². The number of nitrogens with two attached hydrogens (primary N) is 1. The Bertz CT molecular complexity index is 371. The molecule has 0 aromatic heterocycles. The fraction of sp³-hybridized carbons (Fsp3) is 0.300. The number of carbonyl (C=O) groups is 1. The fourth-order valence-electron chi connectivity index (χ4n) is 1.17. The lowest BCUT2D eigenvalue weighted by molar-refractivity contribution is -0.136. The maximum atomic E-state index is 12.5. The van der Waals surface area contributed by atoms with Gasteiger partial charge in [0, 0.05) is 5.56 Å². The second-order valence-corrected chi connectivity index (χ2v) is 3.30. The number of hydrogen-bond acceptors (Lipinski definition) is 2. The van der Waals surface area contributed by atoms with Crippen LogP contribution in [-0.2, 0) is 0 Å². The van der Waals surface area contributed by atoms with Gasteiger partial charge in [-0.2, -0.15) is 13.2 Å². The van der Waals surface area contributed by atoms with E-state index in [-0.39, 0.29) is 5.56 Å². The van der Waals surface area contributed by atoms with Gasteiger partial charge in [0.15, 0.2) is 5.78 Å². The summed E-state index contributed by atoms with van der Waals surface area (Å²) in [6.07, 6.45) is -5.88. The molecule has 0 aliphatic heterocycles. The smallest absolute Gasteiger partial charge is 0.321 e. The number of halogens is 4. The summed E-state index contributed by atoms with van der Waals surface area (Å²) >= 11 is 0. The average molecular weight is 235 g/mol. The van der Waals surface area contributed by atoms with Gasteiger partial charge in [0.1, 0.15) is 5.82 Å². The molecule has 1 aromatic carbocycles. The zero-order chi connectivity index (χ0) is 12.3. The van der Waals surface area contributed by atoms with E-state index >= 15 is 0 Å². The molecule has 0 saturated heterocycles. The van der Waals surface area contributed by atoms with E-state index in [1.807, 2.05) is 0 Å². The van der Waals surface area contributed by atoms with E-state index in [0.29, 0.717) is 0 Å². The highest BCUT2D eigenvalue weighted by atomic mass is 19.4. The molecule has 0 saturated carbocycles. The van der Waals surface area contributed by atoms with Gasteiger partial charge in [-0.15, -0.1) is 0 Å². The summed E-state index contributed by atoms with van der Waals surface area (Å²) in [5.74, 6) is -1.42. The highest BCUT2D eigenvalue weighted by Crippen LogP contribution is 2.22. The van der Waals surface area contributed by atoms with Crippen molar-refractivity contribution in [1.29, 1.82) is 0 Å². The summed E-state index contributed by atoms with van der Waals surface area (Å²) in [5.41, 5.74) is 5.08. The largest absolute Gasteiger partial charge is 0.391 e. The zero-order valence-corrected chi connectivity index (χ0v) is 8.09. The molecule has 1 rings (SSSR count). The highest BCUT2D eigenvalue weighted by molar-refractivity contribution is 5.99. The van der Waals surface area contributed by atoms with Gasteiger partial charge < -0.3 is 5.73 Å². The second kappa shape index (κ2) is 4.61. The first-order chi connectivity index (χ1) is 7.29. The third-order valence-corrected chi connectivity index (χ3v) is 1.92. The molecule has 1 aromatic rings. The van der Waals surface area contributed by atoms with Crippen molar-refractivity contribution in [2.24, 2.45) is 5.73 Å². The van der Waals surface area contributed by atoms with Gasteiger partial charge >= 0.3 is 6.18 Å². The molecule has 0 aliphatic carbocycles. The van der Waals surface area contributed by atoms with Crippen molar-refractivity contribution in [2.75, 3.05) is 0 Å². The van der Waals surface area contributed by atoms with Crippen molar-refractivity contribution in [3.63, 3.8) is 0 Å². The molecule has 88 valence electrons. The van der Waals surface area contributed by atoms with Gasteiger partial charge in [0.25, 0.3) is 0 Å². The number of benzene rings is 1. The maximum Gasteiger partial charge on any atom is 0.391 e. The number of Topliss-reactive ketones (excluding diaryl/α,β-unsaturated/α-hetero) is 1. The number of hydrogen-bond donors (Lipinski definition) is 1. The Morgan fingerprint density at radius 3 is 2.19 bits per heavy atom. The van der Waals surface area contributed by atoms with E-state index in [9.17, 15) is 22.4 Å². The van der Waals surface area contributed by atoms with Crippen LogP contribution < -0.4 is 5.73 Å². The molecule has 0 bridgehead atoms. The lowest BCUT2D eigenvalue weighted by Crippen LogP contribution is -2.35. The van der Waals surface area contributed by atoms with Gasteiger partial charge in [0.05, 0.1) is 12.5 Å². The minimum atomic E-state index is -4.49. The molecule has 0 aliphatic rings. The van der Waals surface area contributed by atoms with Crippen LogP contribution in [-0.4, -0.2) is 18.0 Å². The predicted molar refractivity (Wildman–Crippen MR) is 49.4 cm³/mol. The number of carbonyl (C=O) groups excluding carboxylic acids is 1. The van der Waals surface area contributed by atoms with E-state index in [0.717, 1.165) is 24.3 Å². The van der Waals surface area contributed by atoms with Crippen molar-refractivity contribution >= 4 is 5.78 Å². The van der Waals surface area contributed by atoms with E-state index < -0.39 is 30.2 Å². The molecule has 2 nitrogen and oxygen atoms in total. The number of rotatable bonds is 3. The van der Waals surface area contributed by atoms with E-state index in [2.05, 4.69) is 0 Å². The molecule has 2 N–H and O–H groups in total. The van der Waals surface area contributed by atoms with Gasteiger partial charge in [-0.25, -0.2) is 4.39 Å². The molecule has 1 atom stereocenters. The van der Waals surface area contributed by atoms with Gasteiger partial charge in [0.2, 0.25) is 0 Å². The molecule has 16 heavy (non-hydrogen) atoms. The Morgan fingerprint density at radius 2 is 1.75 bits per heavy atom. The van der Waals surface area contributed by atoms with E-state index in [1.165, 1.54) is 0 Å². The van der Waals surface area contributed by atoms with E-state index in [1.54, 1.807) is 0 Å². The molecule has 0 radical (unpaired) electrons. The summed E-state index contributed by atoms with van der Waals surface area (Å²) in [5, 5.41) is 0. The summed E-state index contributed by atoms with van der Waals surface area (Å²) in [6.45, 7) is 0. The number of ketones is 1. The van der Waals surface area contributed by atoms with Crippen molar-refractivity contribution < 1.29 is 22.4 Å². The van der Waals surface area contributed by atoms with Gasteiger partial charge in [-0.1, -0.05) is 0 Å². The number of alkyl halides is 3. The molecule has 0 heterocycles. The molecule has 0 spiro atoms. The SMILES string of the molecule is NC(CC(F)(F)F)C(=O)c1ccc(F)cc1. The first-order valence-electron chi connectivity index (χ1n) is 4.42. The van der Waals surface area contributed by atoms with Crippen molar-refractivity contribution in [2.45, 2.75) is 18.6 Å². The molecule has 0 fully saturated rings. The zero-order valence-electron chi connectivity index (χ0n) is 8.09. The summed E-state index contributed by atoms with van der Waals surface area (Å²) < 4.78 is 48.4. The summed E-state index contributed by atoms with van der Waals surface area (Å²) in [7, 11) is 0. The highest BCUT2D eigenvalue weighted by Gasteiger charge is 2.33. The molecule has 6 heteroatoms. The Hall–Kier alpha value is -1.43. The molecule has 1 unspecified atom stereocenters. The Kier molecular flexibility index (Phi) is 3.64. The molecular formula is C10H9F4NO. The lowest BCUT2D eigenvalue weighted by atomic mass is 10.0. The second-order valence-electron chi connectivity index (χ2n) is 3.30. The van der Waals surface area contributed by atoms with Crippen molar-refractivity contribution in [1.82, 2.24) is 0 Å². The van der Waals surface area contributed by atoms with Crippen LogP contribution in [0.2, 0.25) is 0 Å². The maximum absolute atomic E-state index is 12.5. The van der Waals surface area contributed by atoms with Gasteiger partial charge in [-0.3, -0.25) is 4.79 Å². The van der Waals surface area contributed by atoms with Crippen LogP contribution in [0.4, 0.5) is 17.6 Å². The van der Waals surface area contributed by atoms with Crippen LogP contribution in [0, 0.1) is 5.82 Å². The topological polar surface area (TPSA) is 43.1 Å². The van der Waals surface area contributed by atoms with Crippen LogP contribution in [0.1, 0.15) is 16.8 Å². The third-order valence-electron chi connectivity index (χ3n) is 1.92. The minimum absolute atomic E-state index is 0.0295. The first kappa shape index (κ1) is 12.6. The standard InChI is InChI=1S/C10H9F4NO/c11-7-3-1-6(2-4-7)9(16)8(15)5-10(12,13)14/h1-4,8H,5,15H2. The molecule has 0 amide bonds. The third kappa shape index (κ3) is 3.62. The summed E-state index contributed by atoms with van der Waals surface area (Å²) in [6, 6.07) is 2.55. The summed E-state index contributed by atoms with van der Waals surface area (Å²) in [4.78, 5) is 11.4. The lowest BCUT2D eigenvalue weighted by Gasteiger charge is -2.12. The van der Waals surface area contributed by atoms with Crippen LogP contribution >= 0.6 is 0 Å².